The van der Waals surface area contributed by atoms with E-state index in [0.717, 1.165) is 15.0 Å². The van der Waals surface area contributed by atoms with Crippen molar-refractivity contribution in [2.45, 2.75) is 18.8 Å². The van der Waals surface area contributed by atoms with Crippen molar-refractivity contribution < 1.29 is 0 Å². The average molecular weight is 336 g/mol. The maximum atomic E-state index is 6.03. The molecule has 0 spiro atoms. The zero-order valence-corrected chi connectivity index (χ0v) is 13.6. The number of hydrogen-bond acceptors (Lipinski definition) is 3. The molecule has 0 bridgehead atoms. The van der Waals surface area contributed by atoms with E-state index >= 15 is 0 Å². The van der Waals surface area contributed by atoms with Crippen LogP contribution in [0.3, 0.4) is 0 Å². The van der Waals surface area contributed by atoms with Crippen LogP contribution in [0.5, 0.6) is 0 Å². The van der Waals surface area contributed by atoms with E-state index in [1.807, 2.05) is 31.3 Å². The molecule has 0 fully saturated rings. The maximum Gasteiger partial charge on any atom is 0.187 e. The molecule has 1 atom stereocenters. The van der Waals surface area contributed by atoms with E-state index in [1.165, 1.54) is 16.9 Å². The Kier molecular flexibility index (Phi) is 4.96. The Labute approximate surface area is 131 Å². The van der Waals surface area contributed by atoms with Crippen LogP contribution >= 0.6 is 46.1 Å². The quantitative estimate of drug-likeness (QED) is 0.697. The molecular formula is C13H13Cl3N2S. The molecule has 2 nitrogen and oxygen atoms in total. The van der Waals surface area contributed by atoms with Crippen molar-refractivity contribution in [2.75, 3.05) is 11.9 Å². The third-order valence-corrected chi connectivity index (χ3v) is 5.24. The number of thiazole rings is 1. The molecule has 1 aromatic carbocycles. The number of aromatic nitrogens is 1. The maximum absolute atomic E-state index is 6.03. The molecule has 19 heavy (non-hydrogen) atoms. The molecule has 102 valence electrons. The largest absolute Gasteiger partial charge is 0.344 e. The standard InChI is InChI=1S/C13H13Cl3N2S/c1-8(9-3-5-10(15)6-4-9)18(2)13-17-12(16)11(7-14)19-13/h3-6,8H,7H2,1-2H3. The topological polar surface area (TPSA) is 16.1 Å². The summed E-state index contributed by atoms with van der Waals surface area (Å²) >= 11 is 19.3. The minimum atomic E-state index is 0.183. The van der Waals surface area contributed by atoms with Gasteiger partial charge >= 0.3 is 0 Å². The van der Waals surface area contributed by atoms with Crippen molar-refractivity contribution in [3.63, 3.8) is 0 Å². The van der Waals surface area contributed by atoms with Gasteiger partial charge in [-0.15, -0.1) is 11.6 Å². The molecule has 0 saturated carbocycles. The fourth-order valence-electron chi connectivity index (χ4n) is 1.69. The van der Waals surface area contributed by atoms with Crippen molar-refractivity contribution in [3.8, 4) is 0 Å². The molecule has 1 heterocycles. The fraction of sp³-hybridized carbons (Fsp3) is 0.308. The van der Waals surface area contributed by atoms with E-state index < -0.39 is 0 Å². The first kappa shape index (κ1) is 14.9. The second kappa shape index (κ2) is 6.31. The van der Waals surface area contributed by atoms with E-state index in [-0.39, 0.29) is 6.04 Å². The number of hydrogen-bond donors (Lipinski definition) is 0. The fourth-order valence-corrected chi connectivity index (χ4v) is 3.33. The van der Waals surface area contributed by atoms with Gasteiger partial charge in [0.25, 0.3) is 0 Å². The minimum Gasteiger partial charge on any atom is -0.344 e. The zero-order valence-electron chi connectivity index (χ0n) is 10.5. The number of anilines is 1. The highest BCUT2D eigenvalue weighted by atomic mass is 35.5. The van der Waals surface area contributed by atoms with Crippen molar-refractivity contribution in [2.24, 2.45) is 0 Å². The first-order valence-electron chi connectivity index (χ1n) is 5.72. The van der Waals surface area contributed by atoms with Crippen LogP contribution in [0.4, 0.5) is 5.13 Å². The molecule has 2 aromatic rings. The van der Waals surface area contributed by atoms with Crippen LogP contribution in [0.1, 0.15) is 23.4 Å². The van der Waals surface area contributed by atoms with Crippen LogP contribution in [0.15, 0.2) is 24.3 Å². The van der Waals surface area contributed by atoms with Gasteiger partial charge in [0.15, 0.2) is 5.13 Å². The summed E-state index contributed by atoms with van der Waals surface area (Å²) in [4.78, 5) is 7.32. The summed E-state index contributed by atoms with van der Waals surface area (Å²) in [7, 11) is 1.99. The van der Waals surface area contributed by atoms with Gasteiger partial charge in [0, 0.05) is 12.1 Å². The molecular weight excluding hydrogens is 323 g/mol. The molecule has 0 amide bonds. The summed E-state index contributed by atoms with van der Waals surface area (Å²) in [5.41, 5.74) is 1.17. The predicted octanol–water partition coefficient (Wildman–Crippen LogP) is 5.39. The Balaban J connectivity index is 2.22. The first-order chi connectivity index (χ1) is 9.02. The Morgan fingerprint density at radius 2 is 1.89 bits per heavy atom. The van der Waals surface area contributed by atoms with Crippen LogP contribution in [-0.4, -0.2) is 12.0 Å². The Bertz CT molecular complexity index is 554. The highest BCUT2D eigenvalue weighted by Gasteiger charge is 2.17. The SMILES string of the molecule is CC(c1ccc(Cl)cc1)N(C)c1nc(Cl)c(CCl)s1. The van der Waals surface area contributed by atoms with Gasteiger partial charge in [-0.3, -0.25) is 0 Å². The van der Waals surface area contributed by atoms with Crippen molar-refractivity contribution in [1.82, 2.24) is 4.98 Å². The van der Waals surface area contributed by atoms with Crippen LogP contribution in [0.2, 0.25) is 10.2 Å². The number of benzene rings is 1. The molecule has 1 unspecified atom stereocenters. The lowest BCUT2D eigenvalue weighted by atomic mass is 10.1. The Morgan fingerprint density at radius 1 is 1.26 bits per heavy atom. The van der Waals surface area contributed by atoms with Gasteiger partial charge in [0.05, 0.1) is 16.8 Å². The molecule has 0 saturated heterocycles. The average Bonchev–Trinajstić information content (AvgIpc) is 2.79. The van der Waals surface area contributed by atoms with E-state index in [0.29, 0.717) is 11.0 Å². The molecule has 0 aliphatic carbocycles. The molecule has 6 heteroatoms. The third-order valence-electron chi connectivity index (χ3n) is 2.99. The van der Waals surface area contributed by atoms with E-state index in [4.69, 9.17) is 34.8 Å². The van der Waals surface area contributed by atoms with Crippen molar-refractivity contribution in [1.29, 1.82) is 0 Å². The summed E-state index contributed by atoms with van der Waals surface area (Å²) in [6, 6.07) is 7.99. The Morgan fingerprint density at radius 3 is 2.42 bits per heavy atom. The zero-order chi connectivity index (χ0) is 14.0. The number of nitrogens with zero attached hydrogens (tertiary/aromatic N) is 2. The molecule has 0 N–H and O–H groups in total. The van der Waals surface area contributed by atoms with Crippen LogP contribution < -0.4 is 4.90 Å². The molecule has 0 radical (unpaired) electrons. The normalized spacial score (nSPS) is 12.5. The van der Waals surface area contributed by atoms with Gasteiger partial charge in [-0.2, -0.15) is 0 Å². The van der Waals surface area contributed by atoms with Gasteiger partial charge in [-0.1, -0.05) is 46.7 Å². The third kappa shape index (κ3) is 3.34. The minimum absolute atomic E-state index is 0.183. The number of rotatable bonds is 4. The smallest absolute Gasteiger partial charge is 0.187 e. The first-order valence-corrected chi connectivity index (χ1v) is 7.83. The number of alkyl halides is 1. The Hall–Kier alpha value is -0.480. The van der Waals surface area contributed by atoms with Crippen LogP contribution in [0, 0.1) is 0 Å². The van der Waals surface area contributed by atoms with Gasteiger partial charge < -0.3 is 4.90 Å². The van der Waals surface area contributed by atoms with E-state index in [2.05, 4.69) is 16.8 Å². The van der Waals surface area contributed by atoms with Crippen LogP contribution in [0.25, 0.3) is 0 Å². The highest BCUT2D eigenvalue weighted by molar-refractivity contribution is 7.16. The molecule has 0 aliphatic heterocycles. The van der Waals surface area contributed by atoms with Crippen molar-refractivity contribution >= 4 is 51.3 Å². The lowest BCUT2D eigenvalue weighted by molar-refractivity contribution is 0.737. The summed E-state index contributed by atoms with van der Waals surface area (Å²) in [5, 5.41) is 2.09. The lowest BCUT2D eigenvalue weighted by Gasteiger charge is -2.24. The second-order valence-corrected chi connectivity index (χ2v) is 6.31. The van der Waals surface area contributed by atoms with Crippen LogP contribution in [-0.2, 0) is 5.88 Å². The predicted molar refractivity (Wildman–Crippen MR) is 85.0 cm³/mol. The van der Waals surface area contributed by atoms with Gasteiger partial charge in [-0.05, 0) is 24.6 Å². The molecule has 2 rings (SSSR count). The van der Waals surface area contributed by atoms with Gasteiger partial charge in [-0.25, -0.2) is 4.98 Å². The van der Waals surface area contributed by atoms with Crippen molar-refractivity contribution in [3.05, 3.63) is 44.9 Å². The van der Waals surface area contributed by atoms with E-state index in [1.54, 1.807) is 0 Å². The number of halogens is 3. The monoisotopic (exact) mass is 334 g/mol. The summed E-state index contributed by atoms with van der Waals surface area (Å²) in [6.45, 7) is 2.11. The van der Waals surface area contributed by atoms with E-state index in [9.17, 15) is 0 Å². The summed E-state index contributed by atoms with van der Waals surface area (Å²) in [6.07, 6.45) is 0. The highest BCUT2D eigenvalue weighted by Crippen LogP contribution is 2.34. The summed E-state index contributed by atoms with van der Waals surface area (Å²) < 4.78 is 0. The lowest BCUT2D eigenvalue weighted by Crippen LogP contribution is -2.21. The second-order valence-electron chi connectivity index (χ2n) is 4.18. The summed E-state index contributed by atoms with van der Waals surface area (Å²) in [5.74, 6) is 0.389. The van der Waals surface area contributed by atoms with Gasteiger partial charge in [0.1, 0.15) is 5.15 Å². The molecule has 1 aromatic heterocycles. The molecule has 0 aliphatic rings. The van der Waals surface area contributed by atoms with Gasteiger partial charge in [0.2, 0.25) is 0 Å².